The van der Waals surface area contributed by atoms with Crippen LogP contribution in [0.3, 0.4) is 0 Å². The molecule has 0 amide bonds. The normalized spacial score (nSPS) is 10.9. The molecule has 1 aromatic carbocycles. The third kappa shape index (κ3) is 2.35. The van der Waals surface area contributed by atoms with Crippen LogP contribution in [0.5, 0.6) is 5.75 Å². The molecular formula is C12H16O. The molecule has 0 fully saturated rings. The van der Waals surface area contributed by atoms with Crippen molar-refractivity contribution in [2.24, 2.45) is 0 Å². The van der Waals surface area contributed by atoms with Crippen LogP contribution in [0.15, 0.2) is 24.3 Å². The maximum absolute atomic E-state index is 9.80. The minimum Gasteiger partial charge on any atom is -0.507 e. The van der Waals surface area contributed by atoms with E-state index in [1.165, 1.54) is 0 Å². The number of rotatable bonds is 3. The first kappa shape index (κ1) is 9.85. The maximum Gasteiger partial charge on any atom is 0.125 e. The van der Waals surface area contributed by atoms with Crippen molar-refractivity contribution in [3.05, 3.63) is 35.4 Å². The molecule has 0 saturated heterocycles. The smallest absolute Gasteiger partial charge is 0.125 e. The summed E-state index contributed by atoms with van der Waals surface area (Å²) >= 11 is 0. The summed E-state index contributed by atoms with van der Waals surface area (Å²) in [7, 11) is 0. The highest BCUT2D eigenvalue weighted by Crippen LogP contribution is 2.24. The van der Waals surface area contributed by atoms with E-state index in [2.05, 4.69) is 6.92 Å². The summed E-state index contributed by atoms with van der Waals surface area (Å²) in [5.41, 5.74) is 1.95. The van der Waals surface area contributed by atoms with Crippen LogP contribution in [0.4, 0.5) is 0 Å². The average Bonchev–Trinajstić information content (AvgIpc) is 2.13. The van der Waals surface area contributed by atoms with Gasteiger partial charge in [-0.05, 0) is 18.9 Å². The topological polar surface area (TPSA) is 20.2 Å². The summed E-state index contributed by atoms with van der Waals surface area (Å²) in [6.45, 7) is 4.06. The van der Waals surface area contributed by atoms with E-state index < -0.39 is 0 Å². The summed E-state index contributed by atoms with van der Waals surface area (Å²) in [5.74, 6) is 0.433. The zero-order valence-electron chi connectivity index (χ0n) is 8.25. The van der Waals surface area contributed by atoms with Crippen LogP contribution in [0.2, 0.25) is 0 Å². The van der Waals surface area contributed by atoms with Crippen molar-refractivity contribution in [1.82, 2.24) is 0 Å². The van der Waals surface area contributed by atoms with E-state index in [9.17, 15) is 5.11 Å². The largest absolute Gasteiger partial charge is 0.507 e. The monoisotopic (exact) mass is 176 g/mol. The number of hydrogen-bond acceptors (Lipinski definition) is 1. The zero-order valence-corrected chi connectivity index (χ0v) is 8.25. The molecular weight excluding hydrogens is 160 g/mol. The summed E-state index contributed by atoms with van der Waals surface area (Å²) < 4.78 is 0. The van der Waals surface area contributed by atoms with Gasteiger partial charge in [-0.1, -0.05) is 43.7 Å². The van der Waals surface area contributed by atoms with Crippen molar-refractivity contribution in [2.75, 3.05) is 0 Å². The number of allylic oxidation sites excluding steroid dienone is 1. The van der Waals surface area contributed by atoms with Gasteiger partial charge in [0.15, 0.2) is 0 Å². The van der Waals surface area contributed by atoms with Gasteiger partial charge in [-0.2, -0.15) is 0 Å². The Balaban J connectivity index is 3.03. The van der Waals surface area contributed by atoms with Crippen LogP contribution in [0.1, 0.15) is 31.4 Å². The Hall–Kier alpha value is -1.24. The van der Waals surface area contributed by atoms with Crippen LogP contribution in [0, 0.1) is 0 Å². The first-order valence-corrected chi connectivity index (χ1v) is 4.73. The third-order valence-electron chi connectivity index (χ3n) is 2.02. The van der Waals surface area contributed by atoms with Gasteiger partial charge in [-0.25, -0.2) is 0 Å². The molecule has 13 heavy (non-hydrogen) atoms. The molecule has 0 saturated carbocycles. The van der Waals surface area contributed by atoms with Crippen molar-refractivity contribution >= 4 is 6.08 Å². The van der Waals surface area contributed by atoms with Crippen molar-refractivity contribution in [2.45, 2.75) is 26.7 Å². The molecule has 1 N–H and O–H groups in total. The van der Waals surface area contributed by atoms with Gasteiger partial charge in [0.25, 0.3) is 0 Å². The van der Waals surface area contributed by atoms with E-state index in [1.54, 1.807) is 0 Å². The number of hydrogen-bond donors (Lipinski definition) is 1. The Kier molecular flexibility index (Phi) is 3.56. The predicted octanol–water partition coefficient (Wildman–Crippen LogP) is 3.38. The fourth-order valence-electron chi connectivity index (χ4n) is 1.40. The number of benzene rings is 1. The first-order valence-electron chi connectivity index (χ1n) is 4.73. The lowest BCUT2D eigenvalue weighted by atomic mass is 10.0. The summed E-state index contributed by atoms with van der Waals surface area (Å²) in [4.78, 5) is 0. The molecule has 70 valence electrons. The Morgan fingerprint density at radius 1 is 1.38 bits per heavy atom. The minimum atomic E-state index is 0.433. The molecule has 1 rings (SSSR count). The molecule has 0 heterocycles. The highest BCUT2D eigenvalue weighted by Gasteiger charge is 2.02. The van der Waals surface area contributed by atoms with Crippen molar-refractivity contribution in [3.63, 3.8) is 0 Å². The number of phenols is 1. The quantitative estimate of drug-likeness (QED) is 0.748. The summed E-state index contributed by atoms with van der Waals surface area (Å²) in [5, 5.41) is 9.80. The molecule has 0 aromatic heterocycles. The molecule has 0 aliphatic rings. The standard InChI is InChI=1S/C12H16O/c1-3-6-10-8-5-9-11(7-4-2)12(10)13/h3,5-6,8-9,13H,4,7H2,1-2H3/b6-3+. The minimum absolute atomic E-state index is 0.433. The summed E-state index contributed by atoms with van der Waals surface area (Å²) in [6, 6.07) is 5.89. The fourth-order valence-corrected chi connectivity index (χ4v) is 1.40. The van der Waals surface area contributed by atoms with Crippen LogP contribution in [-0.4, -0.2) is 5.11 Å². The van der Waals surface area contributed by atoms with Crippen LogP contribution < -0.4 is 0 Å². The Labute approximate surface area is 79.7 Å². The van der Waals surface area contributed by atoms with E-state index in [4.69, 9.17) is 0 Å². The lowest BCUT2D eigenvalue weighted by Gasteiger charge is -2.05. The first-order chi connectivity index (χ1) is 6.29. The number of para-hydroxylation sites is 1. The van der Waals surface area contributed by atoms with E-state index in [0.29, 0.717) is 5.75 Å². The van der Waals surface area contributed by atoms with Crippen LogP contribution in [0.25, 0.3) is 6.08 Å². The second-order valence-corrected chi connectivity index (χ2v) is 3.10. The molecule has 0 bridgehead atoms. The van der Waals surface area contributed by atoms with Gasteiger partial charge >= 0.3 is 0 Å². The molecule has 1 nitrogen and oxygen atoms in total. The van der Waals surface area contributed by atoms with Crippen LogP contribution >= 0.6 is 0 Å². The number of phenolic OH excluding ortho intramolecular Hbond substituents is 1. The molecule has 1 heteroatoms. The zero-order chi connectivity index (χ0) is 9.68. The molecule has 1 aromatic rings. The Morgan fingerprint density at radius 2 is 2.15 bits per heavy atom. The molecule has 0 aliphatic heterocycles. The van der Waals surface area contributed by atoms with Crippen molar-refractivity contribution in [3.8, 4) is 5.75 Å². The van der Waals surface area contributed by atoms with E-state index >= 15 is 0 Å². The maximum atomic E-state index is 9.80. The lowest BCUT2D eigenvalue weighted by Crippen LogP contribution is -1.86. The van der Waals surface area contributed by atoms with Gasteiger partial charge in [0.1, 0.15) is 5.75 Å². The van der Waals surface area contributed by atoms with E-state index in [-0.39, 0.29) is 0 Å². The van der Waals surface area contributed by atoms with Gasteiger partial charge in [-0.15, -0.1) is 0 Å². The van der Waals surface area contributed by atoms with Gasteiger partial charge in [-0.3, -0.25) is 0 Å². The fraction of sp³-hybridized carbons (Fsp3) is 0.333. The van der Waals surface area contributed by atoms with Crippen molar-refractivity contribution < 1.29 is 5.11 Å². The second kappa shape index (κ2) is 4.70. The highest BCUT2D eigenvalue weighted by molar-refractivity contribution is 5.59. The molecule has 0 atom stereocenters. The van der Waals surface area contributed by atoms with Gasteiger partial charge in [0.05, 0.1) is 0 Å². The second-order valence-electron chi connectivity index (χ2n) is 3.10. The molecule has 0 radical (unpaired) electrons. The molecule has 0 unspecified atom stereocenters. The lowest BCUT2D eigenvalue weighted by molar-refractivity contribution is 0.466. The number of aromatic hydroxyl groups is 1. The predicted molar refractivity (Wildman–Crippen MR) is 56.8 cm³/mol. The van der Waals surface area contributed by atoms with Crippen LogP contribution in [-0.2, 0) is 6.42 Å². The van der Waals surface area contributed by atoms with E-state index in [0.717, 1.165) is 24.0 Å². The van der Waals surface area contributed by atoms with Crippen molar-refractivity contribution in [1.29, 1.82) is 0 Å². The Morgan fingerprint density at radius 3 is 2.77 bits per heavy atom. The van der Waals surface area contributed by atoms with Gasteiger partial charge < -0.3 is 5.11 Å². The summed E-state index contributed by atoms with van der Waals surface area (Å²) in [6.07, 6.45) is 5.86. The SMILES string of the molecule is C/C=C/c1cccc(CCC)c1O. The van der Waals surface area contributed by atoms with E-state index in [1.807, 2.05) is 37.3 Å². The highest BCUT2D eigenvalue weighted by atomic mass is 16.3. The van der Waals surface area contributed by atoms with Gasteiger partial charge in [0, 0.05) is 5.56 Å². The number of aryl methyl sites for hydroxylation is 1. The average molecular weight is 176 g/mol. The third-order valence-corrected chi connectivity index (χ3v) is 2.02. The Bertz CT molecular complexity index is 300. The molecule has 0 aliphatic carbocycles. The molecule has 0 spiro atoms. The van der Waals surface area contributed by atoms with Gasteiger partial charge in [0.2, 0.25) is 0 Å².